The summed E-state index contributed by atoms with van der Waals surface area (Å²) in [5.74, 6) is 0.120. The van der Waals surface area contributed by atoms with Crippen molar-refractivity contribution in [1.82, 2.24) is 24.6 Å². The number of nitrogens with zero attached hydrogens (tertiary/aromatic N) is 5. The normalized spacial score (nSPS) is 12.1. The molecule has 0 bridgehead atoms. The fourth-order valence-corrected chi connectivity index (χ4v) is 2.43. The first kappa shape index (κ1) is 14.3. The fraction of sp³-hybridized carbons (Fsp3) is 0.0714. The first-order chi connectivity index (χ1) is 11.5. The quantitative estimate of drug-likeness (QED) is 0.524. The number of halogens is 3. The molecule has 24 heavy (non-hydrogen) atoms. The van der Waals surface area contributed by atoms with Gasteiger partial charge in [0.15, 0.2) is 6.29 Å². The Kier molecular flexibility index (Phi) is 2.89. The van der Waals surface area contributed by atoms with Gasteiger partial charge in [0.25, 0.3) is 5.89 Å². The monoisotopic (exact) mass is 333 g/mol. The molecule has 0 saturated heterocycles. The molecule has 0 N–H and O–H groups in total. The van der Waals surface area contributed by atoms with Crippen LogP contribution in [0.15, 0.2) is 35.2 Å². The third-order valence-electron chi connectivity index (χ3n) is 3.42. The summed E-state index contributed by atoms with van der Waals surface area (Å²) < 4.78 is 46.2. The van der Waals surface area contributed by atoms with Crippen LogP contribution < -0.4 is 0 Å². The molecule has 0 aliphatic heterocycles. The van der Waals surface area contributed by atoms with Gasteiger partial charge in [0.1, 0.15) is 22.7 Å². The second-order valence-corrected chi connectivity index (χ2v) is 4.88. The zero-order valence-corrected chi connectivity index (χ0v) is 11.7. The number of hydrogen-bond donors (Lipinski definition) is 0. The highest BCUT2D eigenvalue weighted by molar-refractivity contribution is 5.87. The van der Waals surface area contributed by atoms with Crippen molar-refractivity contribution in [3.8, 4) is 11.6 Å². The lowest BCUT2D eigenvalue weighted by molar-refractivity contribution is -0.136. The SMILES string of the molecule is O=Cc1cc(C(F)(F)F)c2ccc3nc(-c4nnco4)cn3c2n1. The second-order valence-electron chi connectivity index (χ2n) is 4.88. The van der Waals surface area contributed by atoms with E-state index >= 15 is 0 Å². The summed E-state index contributed by atoms with van der Waals surface area (Å²) in [7, 11) is 0. The molecule has 10 heteroatoms. The lowest BCUT2D eigenvalue weighted by Crippen LogP contribution is -2.09. The lowest BCUT2D eigenvalue weighted by atomic mass is 10.1. The van der Waals surface area contributed by atoms with Gasteiger partial charge in [-0.2, -0.15) is 13.2 Å². The lowest BCUT2D eigenvalue weighted by Gasteiger charge is -2.11. The van der Waals surface area contributed by atoms with Gasteiger partial charge in [-0.05, 0) is 18.2 Å². The summed E-state index contributed by atoms with van der Waals surface area (Å²) in [6.07, 6.45) is -1.82. The van der Waals surface area contributed by atoms with Crippen LogP contribution in [-0.2, 0) is 6.18 Å². The van der Waals surface area contributed by atoms with E-state index in [2.05, 4.69) is 20.2 Å². The smallest absolute Gasteiger partial charge is 0.417 e. The molecular formula is C14H6F3N5O2. The molecule has 0 unspecified atom stereocenters. The number of pyridine rings is 2. The van der Waals surface area contributed by atoms with Gasteiger partial charge >= 0.3 is 6.18 Å². The number of imidazole rings is 1. The summed E-state index contributed by atoms with van der Waals surface area (Å²) in [5, 5.41) is 7.09. The average molecular weight is 333 g/mol. The Balaban J connectivity index is 2.08. The molecule has 0 aromatic carbocycles. The summed E-state index contributed by atoms with van der Waals surface area (Å²) in [4.78, 5) is 19.2. The van der Waals surface area contributed by atoms with Gasteiger partial charge in [-0.25, -0.2) is 9.97 Å². The number of rotatable bonds is 2. The third kappa shape index (κ3) is 2.11. The topological polar surface area (TPSA) is 86.2 Å². The van der Waals surface area contributed by atoms with E-state index in [1.807, 2.05) is 0 Å². The van der Waals surface area contributed by atoms with E-state index < -0.39 is 11.7 Å². The minimum atomic E-state index is -4.62. The zero-order chi connectivity index (χ0) is 16.9. The number of aromatic nitrogens is 5. The summed E-state index contributed by atoms with van der Waals surface area (Å²) >= 11 is 0. The van der Waals surface area contributed by atoms with Crippen LogP contribution in [0.1, 0.15) is 16.1 Å². The van der Waals surface area contributed by atoms with Crippen molar-refractivity contribution in [2.24, 2.45) is 0 Å². The molecule has 0 fully saturated rings. The van der Waals surface area contributed by atoms with Gasteiger partial charge < -0.3 is 4.42 Å². The highest BCUT2D eigenvalue weighted by atomic mass is 19.4. The van der Waals surface area contributed by atoms with Crippen LogP contribution in [-0.4, -0.2) is 30.9 Å². The van der Waals surface area contributed by atoms with Gasteiger partial charge in [0.05, 0.1) is 5.56 Å². The van der Waals surface area contributed by atoms with Gasteiger partial charge in [0.2, 0.25) is 6.39 Å². The Hall–Kier alpha value is -3.30. The molecule has 7 nitrogen and oxygen atoms in total. The maximum Gasteiger partial charge on any atom is 0.417 e. The maximum absolute atomic E-state index is 13.3. The van der Waals surface area contributed by atoms with Crippen LogP contribution in [0, 0.1) is 0 Å². The minimum absolute atomic E-state index is 0.0392. The average Bonchev–Trinajstić information content (AvgIpc) is 3.21. The van der Waals surface area contributed by atoms with Gasteiger partial charge in [0, 0.05) is 11.6 Å². The summed E-state index contributed by atoms with van der Waals surface area (Å²) in [6.45, 7) is 0. The predicted octanol–water partition coefficient (Wildman–Crippen LogP) is 2.76. The van der Waals surface area contributed by atoms with Crippen LogP contribution in [0.25, 0.3) is 28.3 Å². The van der Waals surface area contributed by atoms with E-state index in [-0.39, 0.29) is 34.6 Å². The van der Waals surface area contributed by atoms with Crippen LogP contribution in [0.3, 0.4) is 0 Å². The minimum Gasteiger partial charge on any atom is -0.422 e. The van der Waals surface area contributed by atoms with Crippen LogP contribution in [0.2, 0.25) is 0 Å². The van der Waals surface area contributed by atoms with Gasteiger partial charge in [-0.3, -0.25) is 9.20 Å². The summed E-state index contributed by atoms with van der Waals surface area (Å²) in [6, 6.07) is 3.40. The summed E-state index contributed by atoms with van der Waals surface area (Å²) in [5.41, 5.74) is -0.686. The molecule has 120 valence electrons. The molecule has 4 aromatic heterocycles. The largest absolute Gasteiger partial charge is 0.422 e. The highest BCUT2D eigenvalue weighted by Gasteiger charge is 2.34. The molecule has 0 saturated carbocycles. The number of hydrogen-bond acceptors (Lipinski definition) is 6. The Labute approximate surface area is 130 Å². The highest BCUT2D eigenvalue weighted by Crippen LogP contribution is 2.35. The Morgan fingerprint density at radius 2 is 2.04 bits per heavy atom. The van der Waals surface area contributed by atoms with Gasteiger partial charge in [-0.1, -0.05) is 0 Å². The standard InChI is InChI=1S/C14H6F3N5O2/c15-14(16,17)9-3-7(5-23)19-12-8(9)1-2-11-20-10(4-22(11)12)13-21-18-6-24-13/h1-6H. The molecule has 0 atom stereocenters. The van der Waals surface area contributed by atoms with Crippen molar-refractivity contribution in [1.29, 1.82) is 0 Å². The molecule has 4 aromatic rings. The molecule has 0 aliphatic carbocycles. The Morgan fingerprint density at radius 3 is 2.71 bits per heavy atom. The van der Waals surface area contributed by atoms with E-state index in [1.54, 1.807) is 0 Å². The molecule has 0 amide bonds. The first-order valence-electron chi connectivity index (χ1n) is 6.59. The number of aldehydes is 1. The molecule has 4 rings (SSSR count). The van der Waals surface area contributed by atoms with Crippen LogP contribution in [0.4, 0.5) is 13.2 Å². The molecule has 0 spiro atoms. The number of alkyl halides is 3. The zero-order valence-electron chi connectivity index (χ0n) is 11.7. The second kappa shape index (κ2) is 4.85. The van der Waals surface area contributed by atoms with E-state index in [0.717, 1.165) is 12.5 Å². The molecule has 0 aliphatic rings. The van der Waals surface area contributed by atoms with Crippen molar-refractivity contribution in [3.05, 3.63) is 42.0 Å². The fourth-order valence-electron chi connectivity index (χ4n) is 2.43. The number of fused-ring (bicyclic) bond motifs is 3. The van der Waals surface area contributed by atoms with Crippen LogP contribution in [0.5, 0.6) is 0 Å². The Morgan fingerprint density at radius 1 is 1.21 bits per heavy atom. The maximum atomic E-state index is 13.3. The molecule has 0 radical (unpaired) electrons. The van der Waals surface area contributed by atoms with E-state index in [0.29, 0.717) is 5.65 Å². The van der Waals surface area contributed by atoms with Crippen molar-refractivity contribution < 1.29 is 22.4 Å². The van der Waals surface area contributed by atoms with Crippen molar-refractivity contribution >= 4 is 23.0 Å². The Bertz CT molecular complexity index is 1070. The van der Waals surface area contributed by atoms with E-state index in [4.69, 9.17) is 4.42 Å². The number of carbonyl (C=O) groups excluding carboxylic acids is 1. The van der Waals surface area contributed by atoms with Gasteiger partial charge in [-0.15, -0.1) is 10.2 Å². The van der Waals surface area contributed by atoms with Crippen molar-refractivity contribution in [3.63, 3.8) is 0 Å². The van der Waals surface area contributed by atoms with E-state index in [1.165, 1.54) is 22.7 Å². The van der Waals surface area contributed by atoms with Crippen LogP contribution >= 0.6 is 0 Å². The third-order valence-corrected chi connectivity index (χ3v) is 3.42. The predicted molar refractivity (Wildman–Crippen MR) is 74.2 cm³/mol. The van der Waals surface area contributed by atoms with Crippen molar-refractivity contribution in [2.75, 3.05) is 0 Å². The first-order valence-corrected chi connectivity index (χ1v) is 6.59. The number of carbonyl (C=O) groups is 1. The van der Waals surface area contributed by atoms with Crippen molar-refractivity contribution in [2.45, 2.75) is 6.18 Å². The molecular weight excluding hydrogens is 327 g/mol. The molecule has 4 heterocycles. The van der Waals surface area contributed by atoms with E-state index in [9.17, 15) is 18.0 Å².